The van der Waals surface area contributed by atoms with Crippen molar-refractivity contribution < 1.29 is 19.1 Å². The van der Waals surface area contributed by atoms with Crippen LogP contribution in [0.5, 0.6) is 11.5 Å². The Morgan fingerprint density at radius 2 is 1.68 bits per heavy atom. The van der Waals surface area contributed by atoms with Crippen LogP contribution in [-0.2, 0) is 17.6 Å². The molecule has 1 heterocycles. The van der Waals surface area contributed by atoms with Crippen LogP contribution in [0.3, 0.4) is 0 Å². The number of carbonyl (C=O) groups excluding carboxylic acids is 2. The number of aromatic nitrogens is 2. The van der Waals surface area contributed by atoms with Crippen molar-refractivity contribution in [3.05, 3.63) is 65.4 Å². The smallest absolute Gasteiger partial charge is 0.258 e. The molecule has 0 saturated carbocycles. The van der Waals surface area contributed by atoms with Gasteiger partial charge in [-0.1, -0.05) is 19.1 Å². The number of aryl methyl sites for hydroxylation is 2. The molecule has 0 unspecified atom stereocenters. The number of nitrogens with one attached hydrogen (secondary N) is 3. The maximum Gasteiger partial charge on any atom is 0.258 e. The van der Waals surface area contributed by atoms with E-state index < -0.39 is 0 Å². The number of para-hydroxylation sites is 1. The Hall–Kier alpha value is -3.81. The number of nitrogens with zero attached hydrogens (tertiary/aromatic N) is 1. The van der Waals surface area contributed by atoms with Crippen LogP contribution in [0.4, 0.5) is 11.5 Å². The normalized spacial score (nSPS) is 10.4. The van der Waals surface area contributed by atoms with Gasteiger partial charge in [0.2, 0.25) is 5.91 Å². The van der Waals surface area contributed by atoms with Gasteiger partial charge in [0, 0.05) is 24.2 Å². The Morgan fingerprint density at radius 1 is 0.968 bits per heavy atom. The van der Waals surface area contributed by atoms with Crippen LogP contribution >= 0.6 is 0 Å². The van der Waals surface area contributed by atoms with E-state index in [0.29, 0.717) is 29.9 Å². The van der Waals surface area contributed by atoms with Crippen LogP contribution in [0, 0.1) is 0 Å². The van der Waals surface area contributed by atoms with Crippen LogP contribution in [0.2, 0.25) is 0 Å². The second-order valence-electron chi connectivity index (χ2n) is 6.90. The minimum absolute atomic E-state index is 0.156. The minimum Gasteiger partial charge on any atom is -0.497 e. The van der Waals surface area contributed by atoms with E-state index in [1.807, 2.05) is 18.2 Å². The Balaban J connectivity index is 1.64. The maximum absolute atomic E-state index is 12.7. The van der Waals surface area contributed by atoms with E-state index in [2.05, 4.69) is 20.8 Å². The van der Waals surface area contributed by atoms with Gasteiger partial charge in [0.25, 0.3) is 5.91 Å². The summed E-state index contributed by atoms with van der Waals surface area (Å²) in [7, 11) is 3.24. The molecule has 1 aromatic heterocycles. The van der Waals surface area contributed by atoms with Crippen LogP contribution in [0.1, 0.15) is 35.0 Å². The van der Waals surface area contributed by atoms with E-state index in [4.69, 9.17) is 9.47 Å². The molecule has 2 amide bonds. The monoisotopic (exact) mass is 422 g/mol. The molecule has 2 aromatic carbocycles. The zero-order valence-electron chi connectivity index (χ0n) is 17.8. The van der Waals surface area contributed by atoms with Gasteiger partial charge in [-0.2, -0.15) is 5.10 Å². The van der Waals surface area contributed by atoms with Crippen LogP contribution in [-0.4, -0.2) is 36.2 Å². The summed E-state index contributed by atoms with van der Waals surface area (Å²) in [4.78, 5) is 24.4. The number of carbonyl (C=O) groups is 2. The lowest BCUT2D eigenvalue weighted by Crippen LogP contribution is -2.17. The molecule has 8 heteroatoms. The number of hydrogen-bond donors (Lipinski definition) is 3. The molecular formula is C23H26N4O4. The molecule has 0 radical (unpaired) electrons. The molecule has 0 saturated heterocycles. The fourth-order valence-electron chi connectivity index (χ4n) is 3.06. The van der Waals surface area contributed by atoms with E-state index in [1.165, 1.54) is 0 Å². The predicted molar refractivity (Wildman–Crippen MR) is 119 cm³/mol. The number of H-pyrrole nitrogens is 1. The molecule has 0 aliphatic carbocycles. The highest BCUT2D eigenvalue weighted by Crippen LogP contribution is 2.24. The lowest BCUT2D eigenvalue weighted by molar-refractivity contribution is -0.115. The van der Waals surface area contributed by atoms with Gasteiger partial charge >= 0.3 is 0 Å². The Kier molecular flexibility index (Phi) is 7.26. The Labute approximate surface area is 181 Å². The number of benzene rings is 2. The van der Waals surface area contributed by atoms with Gasteiger partial charge in [-0.05, 0) is 42.7 Å². The number of hydrogen-bond acceptors (Lipinski definition) is 5. The molecule has 162 valence electrons. The third-order valence-corrected chi connectivity index (χ3v) is 4.73. The average molecular weight is 422 g/mol. The largest absolute Gasteiger partial charge is 0.497 e. The van der Waals surface area contributed by atoms with Crippen molar-refractivity contribution in [3.63, 3.8) is 0 Å². The number of amides is 2. The second-order valence-corrected chi connectivity index (χ2v) is 6.90. The molecule has 3 rings (SSSR count). The molecule has 0 bridgehead atoms. The number of aromatic amines is 1. The molecule has 0 aliphatic rings. The Bertz CT molecular complexity index is 1040. The topological polar surface area (TPSA) is 105 Å². The standard InChI is InChI=1S/C23H26N4O4/c1-4-22(28)24-20-8-6-5-7-19(20)23(29)25-21-13-16(26-27-21)10-9-15-11-17(30-2)14-18(12-15)31-3/h5-8,11-14H,4,9-10H2,1-3H3,(H,24,28)(H2,25,26,27,29). The predicted octanol–water partition coefficient (Wildman–Crippen LogP) is 3.81. The maximum atomic E-state index is 12.7. The van der Waals surface area contributed by atoms with Gasteiger partial charge in [0.05, 0.1) is 25.5 Å². The van der Waals surface area contributed by atoms with Crippen molar-refractivity contribution in [2.24, 2.45) is 0 Å². The molecule has 3 aromatic rings. The first kappa shape index (κ1) is 21.9. The van der Waals surface area contributed by atoms with E-state index >= 15 is 0 Å². The summed E-state index contributed by atoms with van der Waals surface area (Å²) in [5.41, 5.74) is 2.79. The van der Waals surface area contributed by atoms with Gasteiger partial charge in [0.1, 0.15) is 11.5 Å². The van der Waals surface area contributed by atoms with E-state index in [9.17, 15) is 9.59 Å². The van der Waals surface area contributed by atoms with E-state index in [0.717, 1.165) is 29.2 Å². The minimum atomic E-state index is -0.345. The average Bonchev–Trinajstić information content (AvgIpc) is 3.24. The van der Waals surface area contributed by atoms with Crippen LogP contribution < -0.4 is 20.1 Å². The number of rotatable bonds is 9. The summed E-state index contributed by atoms with van der Waals surface area (Å²) in [6.45, 7) is 1.75. The van der Waals surface area contributed by atoms with Gasteiger partial charge in [-0.3, -0.25) is 14.7 Å². The van der Waals surface area contributed by atoms with Crippen molar-refractivity contribution >= 4 is 23.3 Å². The van der Waals surface area contributed by atoms with Crippen LogP contribution in [0.25, 0.3) is 0 Å². The molecule has 8 nitrogen and oxygen atoms in total. The van der Waals surface area contributed by atoms with Crippen LogP contribution in [0.15, 0.2) is 48.5 Å². The zero-order valence-corrected chi connectivity index (χ0v) is 17.8. The first-order valence-electron chi connectivity index (χ1n) is 9.98. The first-order chi connectivity index (χ1) is 15.0. The molecule has 0 fully saturated rings. The number of ether oxygens (including phenoxy) is 2. The second kappa shape index (κ2) is 10.3. The molecule has 0 aliphatic heterocycles. The SMILES string of the molecule is CCC(=O)Nc1ccccc1C(=O)Nc1cc(CCc2cc(OC)cc(OC)c2)[nH]n1. The van der Waals surface area contributed by atoms with Crippen molar-refractivity contribution in [2.75, 3.05) is 24.9 Å². The van der Waals surface area contributed by atoms with Crippen molar-refractivity contribution in [2.45, 2.75) is 26.2 Å². The quantitative estimate of drug-likeness (QED) is 0.486. The van der Waals surface area contributed by atoms with Crippen molar-refractivity contribution in [3.8, 4) is 11.5 Å². The summed E-state index contributed by atoms with van der Waals surface area (Å²) < 4.78 is 10.6. The van der Waals surface area contributed by atoms with Gasteiger partial charge in [-0.15, -0.1) is 0 Å². The van der Waals surface area contributed by atoms with Gasteiger partial charge in [0.15, 0.2) is 5.82 Å². The lowest BCUT2D eigenvalue weighted by Gasteiger charge is -2.09. The molecular weight excluding hydrogens is 396 g/mol. The fourth-order valence-corrected chi connectivity index (χ4v) is 3.06. The Morgan fingerprint density at radius 3 is 2.35 bits per heavy atom. The zero-order chi connectivity index (χ0) is 22.2. The van der Waals surface area contributed by atoms with Gasteiger partial charge < -0.3 is 20.1 Å². The highest BCUT2D eigenvalue weighted by molar-refractivity contribution is 6.09. The summed E-state index contributed by atoms with van der Waals surface area (Å²) in [6.07, 6.45) is 1.77. The highest BCUT2D eigenvalue weighted by Gasteiger charge is 2.14. The molecule has 0 spiro atoms. The number of methoxy groups -OCH3 is 2. The van der Waals surface area contributed by atoms with Crippen molar-refractivity contribution in [1.82, 2.24) is 10.2 Å². The van der Waals surface area contributed by atoms with Crippen molar-refractivity contribution in [1.29, 1.82) is 0 Å². The third-order valence-electron chi connectivity index (χ3n) is 4.73. The summed E-state index contributed by atoms with van der Waals surface area (Å²) in [5, 5.41) is 12.6. The molecule has 31 heavy (non-hydrogen) atoms. The number of anilines is 2. The van der Waals surface area contributed by atoms with Gasteiger partial charge in [-0.25, -0.2) is 0 Å². The summed E-state index contributed by atoms with van der Waals surface area (Å²) in [6, 6.07) is 14.4. The summed E-state index contributed by atoms with van der Waals surface area (Å²) in [5.74, 6) is 1.39. The third kappa shape index (κ3) is 5.85. The highest BCUT2D eigenvalue weighted by atomic mass is 16.5. The first-order valence-corrected chi connectivity index (χ1v) is 9.98. The van der Waals surface area contributed by atoms with E-state index in [1.54, 1.807) is 51.5 Å². The van der Waals surface area contributed by atoms with E-state index in [-0.39, 0.29) is 11.8 Å². The molecule has 0 atom stereocenters. The lowest BCUT2D eigenvalue weighted by atomic mass is 10.1. The fraction of sp³-hybridized carbons (Fsp3) is 0.261. The molecule has 3 N–H and O–H groups in total. The summed E-state index contributed by atoms with van der Waals surface area (Å²) >= 11 is 0.